The number of aliphatic imine (C=N–C) groups is 1. The molecule has 5 heteroatoms. The van der Waals surface area contributed by atoms with Crippen LogP contribution < -0.4 is 5.32 Å². The van der Waals surface area contributed by atoms with Crippen molar-refractivity contribution in [3.63, 3.8) is 0 Å². The molecule has 1 heterocycles. The SMILES string of the molecule is CCC1=Nc2cc(C(=O)N[C@H](C)c3ccccc3)ccc2Sc2ccc(Cl)cc21. The first-order chi connectivity index (χ1) is 14.0. The molecule has 0 radical (unpaired) electrons. The quantitative estimate of drug-likeness (QED) is 0.502. The maximum Gasteiger partial charge on any atom is 0.251 e. The fourth-order valence-corrected chi connectivity index (χ4v) is 4.52. The smallest absolute Gasteiger partial charge is 0.251 e. The van der Waals surface area contributed by atoms with Crippen molar-refractivity contribution in [1.82, 2.24) is 5.32 Å². The summed E-state index contributed by atoms with van der Waals surface area (Å²) in [5.74, 6) is -0.104. The molecule has 0 unspecified atom stereocenters. The molecule has 0 aromatic heterocycles. The van der Waals surface area contributed by atoms with Gasteiger partial charge in [-0.2, -0.15) is 0 Å². The average molecular weight is 421 g/mol. The molecule has 0 saturated heterocycles. The predicted molar refractivity (Wildman–Crippen MR) is 121 cm³/mol. The largest absolute Gasteiger partial charge is 0.346 e. The van der Waals surface area contributed by atoms with E-state index < -0.39 is 0 Å². The summed E-state index contributed by atoms with van der Waals surface area (Å²) in [6, 6.07) is 21.5. The molecule has 1 amide bonds. The van der Waals surface area contributed by atoms with Gasteiger partial charge in [0.15, 0.2) is 0 Å². The first-order valence-corrected chi connectivity index (χ1v) is 10.8. The van der Waals surface area contributed by atoms with Crippen LogP contribution in [0.4, 0.5) is 5.69 Å². The second-order valence-electron chi connectivity index (χ2n) is 6.94. The zero-order valence-electron chi connectivity index (χ0n) is 16.3. The highest BCUT2D eigenvalue weighted by Gasteiger charge is 2.19. The Bertz CT molecular complexity index is 1100. The standard InChI is InChI=1S/C24H21ClN2OS/c1-3-20-19-14-18(25)10-12-22(19)29-23-11-9-17(13-21(23)27-20)24(28)26-15(2)16-7-5-4-6-8-16/h4-15H,3H2,1-2H3,(H,26,28)/t15-/m1/s1. The molecule has 1 N–H and O–H groups in total. The molecule has 0 bridgehead atoms. The molecule has 0 spiro atoms. The molecular formula is C24H21ClN2OS. The zero-order valence-corrected chi connectivity index (χ0v) is 17.8. The van der Waals surface area contributed by atoms with Crippen molar-refractivity contribution >= 4 is 40.7 Å². The van der Waals surface area contributed by atoms with Crippen LogP contribution in [0.5, 0.6) is 0 Å². The Labute approximate surface area is 180 Å². The summed E-state index contributed by atoms with van der Waals surface area (Å²) in [5.41, 5.74) is 4.54. The van der Waals surface area contributed by atoms with E-state index in [9.17, 15) is 4.79 Å². The number of hydrogen-bond acceptors (Lipinski definition) is 3. The number of amides is 1. The fourth-order valence-electron chi connectivity index (χ4n) is 3.35. The predicted octanol–water partition coefficient (Wildman–Crippen LogP) is 6.83. The Morgan fingerprint density at radius 2 is 1.83 bits per heavy atom. The third kappa shape index (κ3) is 4.24. The molecule has 3 aromatic rings. The summed E-state index contributed by atoms with van der Waals surface area (Å²) in [7, 11) is 0. The van der Waals surface area contributed by atoms with Gasteiger partial charge < -0.3 is 5.32 Å². The van der Waals surface area contributed by atoms with E-state index in [0.717, 1.165) is 38.7 Å². The number of nitrogens with one attached hydrogen (secondary N) is 1. The number of carbonyl (C=O) groups excluding carboxylic acids is 1. The molecular weight excluding hydrogens is 400 g/mol. The molecule has 3 nitrogen and oxygen atoms in total. The molecule has 0 fully saturated rings. The molecule has 29 heavy (non-hydrogen) atoms. The van der Waals surface area contributed by atoms with Crippen molar-refractivity contribution in [1.29, 1.82) is 0 Å². The van der Waals surface area contributed by atoms with E-state index in [1.165, 1.54) is 0 Å². The van der Waals surface area contributed by atoms with Crippen LogP contribution in [-0.2, 0) is 0 Å². The van der Waals surface area contributed by atoms with Crippen LogP contribution in [0, 0.1) is 0 Å². The van der Waals surface area contributed by atoms with Crippen LogP contribution in [0.25, 0.3) is 0 Å². The number of carbonyl (C=O) groups is 1. The van der Waals surface area contributed by atoms with E-state index in [4.69, 9.17) is 16.6 Å². The molecule has 3 aromatic carbocycles. The van der Waals surface area contributed by atoms with Crippen molar-refractivity contribution in [2.24, 2.45) is 4.99 Å². The Morgan fingerprint density at radius 3 is 2.59 bits per heavy atom. The maximum atomic E-state index is 12.8. The van der Waals surface area contributed by atoms with Crippen molar-refractivity contribution in [3.8, 4) is 0 Å². The van der Waals surface area contributed by atoms with Crippen molar-refractivity contribution in [2.45, 2.75) is 36.1 Å². The zero-order chi connectivity index (χ0) is 20.4. The van der Waals surface area contributed by atoms with E-state index >= 15 is 0 Å². The third-order valence-corrected chi connectivity index (χ3v) is 6.31. The molecule has 4 rings (SSSR count). The molecule has 146 valence electrons. The summed E-state index contributed by atoms with van der Waals surface area (Å²) in [5, 5.41) is 3.77. The minimum Gasteiger partial charge on any atom is -0.346 e. The lowest BCUT2D eigenvalue weighted by molar-refractivity contribution is 0.0940. The van der Waals surface area contributed by atoms with Gasteiger partial charge in [-0.3, -0.25) is 9.79 Å². The van der Waals surface area contributed by atoms with Crippen LogP contribution >= 0.6 is 23.4 Å². The van der Waals surface area contributed by atoms with Gasteiger partial charge >= 0.3 is 0 Å². The minimum absolute atomic E-state index is 0.0713. The summed E-state index contributed by atoms with van der Waals surface area (Å²) < 4.78 is 0. The highest BCUT2D eigenvalue weighted by molar-refractivity contribution is 7.99. The molecule has 0 aliphatic carbocycles. The van der Waals surface area contributed by atoms with E-state index in [1.54, 1.807) is 11.8 Å². The van der Waals surface area contributed by atoms with Gasteiger partial charge in [-0.1, -0.05) is 60.6 Å². The van der Waals surface area contributed by atoms with Crippen molar-refractivity contribution in [2.75, 3.05) is 0 Å². The van der Waals surface area contributed by atoms with E-state index in [0.29, 0.717) is 10.6 Å². The van der Waals surface area contributed by atoms with Gasteiger partial charge in [-0.05, 0) is 55.3 Å². The van der Waals surface area contributed by atoms with Gasteiger partial charge in [0.1, 0.15) is 0 Å². The lowest BCUT2D eigenvalue weighted by Gasteiger charge is -2.15. The number of fused-ring (bicyclic) bond motifs is 2. The maximum absolute atomic E-state index is 12.8. The Hall–Kier alpha value is -2.56. The number of benzene rings is 3. The second-order valence-corrected chi connectivity index (χ2v) is 8.46. The number of rotatable bonds is 4. The first kappa shape index (κ1) is 19.7. The Kier molecular flexibility index (Phi) is 5.74. The molecule has 1 aliphatic rings. The first-order valence-electron chi connectivity index (χ1n) is 9.60. The molecule has 0 saturated carbocycles. The van der Waals surface area contributed by atoms with Gasteiger partial charge in [0.25, 0.3) is 5.91 Å². The summed E-state index contributed by atoms with van der Waals surface area (Å²) in [6.07, 6.45) is 0.787. The van der Waals surface area contributed by atoms with Crippen LogP contribution in [0.1, 0.15) is 47.8 Å². The Morgan fingerprint density at radius 1 is 1.07 bits per heavy atom. The summed E-state index contributed by atoms with van der Waals surface area (Å²) in [4.78, 5) is 19.9. The van der Waals surface area contributed by atoms with Gasteiger partial charge in [0.2, 0.25) is 0 Å². The summed E-state index contributed by atoms with van der Waals surface area (Å²) in [6.45, 7) is 4.07. The monoisotopic (exact) mass is 420 g/mol. The lowest BCUT2D eigenvalue weighted by Crippen LogP contribution is -2.26. The highest BCUT2D eigenvalue weighted by Crippen LogP contribution is 2.41. The number of nitrogens with zero attached hydrogens (tertiary/aromatic N) is 1. The lowest BCUT2D eigenvalue weighted by atomic mass is 10.1. The van der Waals surface area contributed by atoms with Crippen LogP contribution in [-0.4, -0.2) is 11.6 Å². The van der Waals surface area contributed by atoms with Crippen LogP contribution in [0.3, 0.4) is 0 Å². The molecule has 1 aliphatic heterocycles. The van der Waals surface area contributed by atoms with Gasteiger partial charge in [0, 0.05) is 31.7 Å². The Balaban J connectivity index is 1.64. The normalized spacial score (nSPS) is 13.6. The summed E-state index contributed by atoms with van der Waals surface area (Å²) >= 11 is 7.87. The van der Waals surface area contributed by atoms with Crippen molar-refractivity contribution in [3.05, 3.63) is 88.4 Å². The highest BCUT2D eigenvalue weighted by atomic mass is 35.5. The topological polar surface area (TPSA) is 41.5 Å². The van der Waals surface area contributed by atoms with E-state index in [2.05, 4.69) is 12.2 Å². The van der Waals surface area contributed by atoms with Gasteiger partial charge in [-0.25, -0.2) is 0 Å². The molecule has 1 atom stereocenters. The number of halogens is 1. The van der Waals surface area contributed by atoms with Gasteiger partial charge in [-0.15, -0.1) is 0 Å². The van der Waals surface area contributed by atoms with Crippen LogP contribution in [0.15, 0.2) is 81.5 Å². The average Bonchev–Trinajstić information content (AvgIpc) is 2.89. The fraction of sp³-hybridized carbons (Fsp3) is 0.167. The number of hydrogen-bond donors (Lipinski definition) is 1. The van der Waals surface area contributed by atoms with Crippen molar-refractivity contribution < 1.29 is 4.79 Å². The van der Waals surface area contributed by atoms with Gasteiger partial charge in [0.05, 0.1) is 11.7 Å². The van der Waals surface area contributed by atoms with E-state index in [-0.39, 0.29) is 11.9 Å². The van der Waals surface area contributed by atoms with E-state index in [1.807, 2.05) is 73.7 Å². The second kappa shape index (κ2) is 8.44. The third-order valence-electron chi connectivity index (χ3n) is 4.93. The minimum atomic E-state index is -0.104. The van der Waals surface area contributed by atoms with Crippen LogP contribution in [0.2, 0.25) is 5.02 Å².